The number of nitrogens with two attached hydrogens (primary N) is 1. The largest absolute Gasteiger partial charge is 0.383 e. The van der Waals surface area contributed by atoms with E-state index in [4.69, 9.17) is 5.73 Å². The molecule has 0 amide bonds. The predicted octanol–water partition coefficient (Wildman–Crippen LogP) is 4.22. The van der Waals surface area contributed by atoms with Crippen molar-refractivity contribution in [3.63, 3.8) is 0 Å². The SMILES string of the molecule is Cc1ccc(-c2cc3c(N)ncnc3nc2-c2ccc([N+](=O)[O-])s2)cc1. The lowest BCUT2D eigenvalue weighted by atomic mass is 10.0. The zero-order valence-electron chi connectivity index (χ0n) is 13.7. The summed E-state index contributed by atoms with van der Waals surface area (Å²) in [7, 11) is 0. The maximum Gasteiger partial charge on any atom is 0.324 e. The van der Waals surface area contributed by atoms with Gasteiger partial charge in [-0.1, -0.05) is 41.2 Å². The molecular formula is C18H13N5O2S. The molecule has 0 saturated heterocycles. The van der Waals surface area contributed by atoms with E-state index in [-0.39, 0.29) is 5.00 Å². The zero-order chi connectivity index (χ0) is 18.3. The minimum Gasteiger partial charge on any atom is -0.383 e. The molecule has 128 valence electrons. The van der Waals surface area contributed by atoms with E-state index >= 15 is 0 Å². The molecule has 4 rings (SSSR count). The Bertz CT molecular complexity index is 1140. The second kappa shape index (κ2) is 6.16. The molecule has 2 N–H and O–H groups in total. The van der Waals surface area contributed by atoms with Crippen LogP contribution in [0.4, 0.5) is 10.8 Å². The number of hydrogen-bond acceptors (Lipinski definition) is 7. The van der Waals surface area contributed by atoms with E-state index in [1.165, 1.54) is 12.4 Å². The van der Waals surface area contributed by atoms with E-state index in [9.17, 15) is 10.1 Å². The van der Waals surface area contributed by atoms with Crippen LogP contribution in [0.3, 0.4) is 0 Å². The van der Waals surface area contributed by atoms with Gasteiger partial charge in [-0.15, -0.1) is 0 Å². The molecule has 0 bridgehead atoms. The summed E-state index contributed by atoms with van der Waals surface area (Å²) in [5.41, 5.74) is 9.99. The van der Waals surface area contributed by atoms with Crippen LogP contribution in [0.5, 0.6) is 0 Å². The third kappa shape index (κ3) is 2.76. The number of anilines is 1. The number of nitrogen functional groups attached to an aromatic ring is 1. The lowest BCUT2D eigenvalue weighted by molar-refractivity contribution is -0.380. The first-order valence-corrected chi connectivity index (χ1v) is 8.57. The number of fused-ring (bicyclic) bond motifs is 1. The average Bonchev–Trinajstić information content (AvgIpc) is 3.12. The van der Waals surface area contributed by atoms with Crippen molar-refractivity contribution in [3.05, 3.63) is 64.5 Å². The lowest BCUT2D eigenvalue weighted by Crippen LogP contribution is -1.97. The highest BCUT2D eigenvalue weighted by Gasteiger charge is 2.18. The fourth-order valence-corrected chi connectivity index (χ4v) is 3.52. The number of aryl methyl sites for hydroxylation is 1. The van der Waals surface area contributed by atoms with Crippen LogP contribution in [0.25, 0.3) is 32.7 Å². The van der Waals surface area contributed by atoms with Crippen LogP contribution >= 0.6 is 11.3 Å². The molecule has 3 aromatic heterocycles. The van der Waals surface area contributed by atoms with E-state index in [1.807, 2.05) is 37.3 Å². The minimum absolute atomic E-state index is 0.0685. The fraction of sp³-hybridized carbons (Fsp3) is 0.0556. The molecular weight excluding hydrogens is 350 g/mol. The molecule has 0 aliphatic carbocycles. The maximum atomic E-state index is 11.1. The van der Waals surface area contributed by atoms with E-state index in [1.54, 1.807) is 6.07 Å². The Morgan fingerprint density at radius 1 is 1.12 bits per heavy atom. The van der Waals surface area contributed by atoms with Crippen molar-refractivity contribution in [2.75, 3.05) is 5.73 Å². The molecule has 7 nitrogen and oxygen atoms in total. The Morgan fingerprint density at radius 3 is 2.58 bits per heavy atom. The van der Waals surface area contributed by atoms with Gasteiger partial charge in [0.2, 0.25) is 0 Å². The molecule has 0 aliphatic rings. The maximum absolute atomic E-state index is 11.1. The number of benzene rings is 1. The van der Waals surface area contributed by atoms with Crippen molar-refractivity contribution in [3.8, 4) is 21.7 Å². The molecule has 0 fully saturated rings. The number of aromatic nitrogens is 3. The fourth-order valence-electron chi connectivity index (χ4n) is 2.70. The summed E-state index contributed by atoms with van der Waals surface area (Å²) in [6.07, 6.45) is 1.36. The van der Waals surface area contributed by atoms with Crippen molar-refractivity contribution in [1.29, 1.82) is 0 Å². The van der Waals surface area contributed by atoms with Crippen molar-refractivity contribution in [2.45, 2.75) is 6.92 Å². The highest BCUT2D eigenvalue weighted by Crippen LogP contribution is 2.39. The van der Waals surface area contributed by atoms with Gasteiger partial charge in [0.25, 0.3) is 0 Å². The van der Waals surface area contributed by atoms with Gasteiger partial charge >= 0.3 is 5.00 Å². The first-order valence-electron chi connectivity index (χ1n) is 7.76. The second-order valence-electron chi connectivity index (χ2n) is 5.78. The van der Waals surface area contributed by atoms with Crippen LogP contribution in [-0.4, -0.2) is 19.9 Å². The topological polar surface area (TPSA) is 108 Å². The van der Waals surface area contributed by atoms with Gasteiger partial charge in [0.15, 0.2) is 5.65 Å². The van der Waals surface area contributed by atoms with Crippen LogP contribution in [0.15, 0.2) is 48.8 Å². The number of nitrogens with zero attached hydrogens (tertiary/aromatic N) is 4. The van der Waals surface area contributed by atoms with Crippen molar-refractivity contribution < 1.29 is 4.92 Å². The van der Waals surface area contributed by atoms with Gasteiger partial charge < -0.3 is 5.73 Å². The summed E-state index contributed by atoms with van der Waals surface area (Å²) in [4.78, 5) is 24.2. The van der Waals surface area contributed by atoms with Crippen LogP contribution in [0.2, 0.25) is 0 Å². The normalized spacial score (nSPS) is 11.0. The molecule has 0 spiro atoms. The Labute approximate surface area is 152 Å². The highest BCUT2D eigenvalue weighted by atomic mass is 32.1. The first kappa shape index (κ1) is 16.1. The quantitative estimate of drug-likeness (QED) is 0.431. The Hall–Kier alpha value is -3.39. The first-order chi connectivity index (χ1) is 12.5. The zero-order valence-corrected chi connectivity index (χ0v) is 14.5. The Kier molecular flexibility index (Phi) is 3.81. The predicted molar refractivity (Wildman–Crippen MR) is 102 cm³/mol. The molecule has 0 atom stereocenters. The number of thiophene rings is 1. The van der Waals surface area contributed by atoms with Gasteiger partial charge in [-0.3, -0.25) is 10.1 Å². The van der Waals surface area contributed by atoms with Gasteiger partial charge in [-0.2, -0.15) is 0 Å². The number of pyridine rings is 1. The molecule has 0 radical (unpaired) electrons. The van der Waals surface area contributed by atoms with Crippen molar-refractivity contribution in [1.82, 2.24) is 15.0 Å². The van der Waals surface area contributed by atoms with E-state index in [0.717, 1.165) is 28.0 Å². The molecule has 0 unspecified atom stereocenters. The van der Waals surface area contributed by atoms with E-state index < -0.39 is 4.92 Å². The molecule has 8 heteroatoms. The molecule has 1 aromatic carbocycles. The smallest absolute Gasteiger partial charge is 0.324 e. The number of hydrogen-bond donors (Lipinski definition) is 1. The summed E-state index contributed by atoms with van der Waals surface area (Å²) in [5.74, 6) is 0.347. The third-order valence-corrected chi connectivity index (χ3v) is 5.07. The van der Waals surface area contributed by atoms with Crippen LogP contribution < -0.4 is 5.73 Å². The minimum atomic E-state index is -0.402. The third-order valence-electron chi connectivity index (χ3n) is 4.02. The van der Waals surface area contributed by atoms with Crippen molar-refractivity contribution >= 4 is 33.2 Å². The standard InChI is InChI=1S/C18H13N5O2S/c1-10-2-4-11(5-3-10)12-8-13-17(19)20-9-21-18(13)22-16(12)14-6-7-15(26-14)23(24)25/h2-9H,1H3,(H2,19,20,21,22). The Balaban J connectivity index is 2.01. The average molecular weight is 363 g/mol. The molecule has 26 heavy (non-hydrogen) atoms. The molecule has 0 aliphatic heterocycles. The van der Waals surface area contributed by atoms with Gasteiger partial charge in [-0.25, -0.2) is 15.0 Å². The van der Waals surface area contributed by atoms with Gasteiger partial charge in [-0.05, 0) is 24.6 Å². The van der Waals surface area contributed by atoms with Gasteiger partial charge in [0.05, 0.1) is 20.9 Å². The highest BCUT2D eigenvalue weighted by molar-refractivity contribution is 7.18. The second-order valence-corrected chi connectivity index (χ2v) is 6.84. The van der Waals surface area contributed by atoms with E-state index in [2.05, 4.69) is 15.0 Å². The monoisotopic (exact) mass is 363 g/mol. The Morgan fingerprint density at radius 2 is 1.88 bits per heavy atom. The van der Waals surface area contributed by atoms with Crippen molar-refractivity contribution in [2.24, 2.45) is 0 Å². The summed E-state index contributed by atoms with van der Waals surface area (Å²) in [6, 6.07) is 13.1. The molecule has 3 heterocycles. The number of nitro groups is 1. The van der Waals surface area contributed by atoms with Crippen LogP contribution in [-0.2, 0) is 0 Å². The molecule has 4 aromatic rings. The lowest BCUT2D eigenvalue weighted by Gasteiger charge is -2.10. The van der Waals surface area contributed by atoms with Gasteiger partial charge in [0.1, 0.15) is 12.1 Å². The van der Waals surface area contributed by atoms with Gasteiger partial charge in [0, 0.05) is 11.6 Å². The van der Waals surface area contributed by atoms with Crippen LogP contribution in [0.1, 0.15) is 5.56 Å². The summed E-state index contributed by atoms with van der Waals surface area (Å²) in [6.45, 7) is 2.01. The summed E-state index contributed by atoms with van der Waals surface area (Å²) in [5, 5.41) is 11.8. The summed E-state index contributed by atoms with van der Waals surface area (Å²) >= 11 is 1.08. The van der Waals surface area contributed by atoms with Crippen LogP contribution in [0, 0.1) is 17.0 Å². The molecule has 0 saturated carbocycles. The van der Waals surface area contributed by atoms with E-state index in [0.29, 0.717) is 27.4 Å². The summed E-state index contributed by atoms with van der Waals surface area (Å²) < 4.78 is 0. The number of rotatable bonds is 3.